The number of likely N-dealkylation sites (tertiary alicyclic amines) is 1. The van der Waals surface area contributed by atoms with Crippen molar-refractivity contribution in [2.75, 3.05) is 20.2 Å². The van der Waals surface area contributed by atoms with Gasteiger partial charge in [-0.25, -0.2) is 9.37 Å². The molecular formula is C23H21FN4O3S. The molecule has 0 spiro atoms. The van der Waals surface area contributed by atoms with Gasteiger partial charge in [0.2, 0.25) is 0 Å². The standard InChI is InChI=1S/C23H21FN4O3S/c1-30-17-6-7-18-21(12-17)32-23(25-18)31-16-8-10-28(11-9-16)22(29)20-13-19(26-27-20)14-2-4-15(24)5-3-14/h2-7,12-13,16H,8-11H2,1H3,(H,26,27). The molecule has 0 unspecified atom stereocenters. The normalized spacial score (nSPS) is 14.6. The number of carbonyl (C=O) groups excluding carboxylic acids is 1. The third kappa shape index (κ3) is 4.16. The van der Waals surface area contributed by atoms with Gasteiger partial charge in [0, 0.05) is 31.5 Å². The number of halogens is 1. The van der Waals surface area contributed by atoms with E-state index >= 15 is 0 Å². The van der Waals surface area contributed by atoms with Crippen LogP contribution in [-0.2, 0) is 0 Å². The molecule has 0 atom stereocenters. The van der Waals surface area contributed by atoms with Gasteiger partial charge in [-0.05, 0) is 48.5 Å². The summed E-state index contributed by atoms with van der Waals surface area (Å²) in [6.07, 6.45) is 1.46. The van der Waals surface area contributed by atoms with Gasteiger partial charge in [0.15, 0.2) is 0 Å². The second kappa shape index (κ2) is 8.58. The highest BCUT2D eigenvalue weighted by atomic mass is 32.1. The van der Waals surface area contributed by atoms with E-state index in [0.29, 0.717) is 29.7 Å². The van der Waals surface area contributed by atoms with E-state index < -0.39 is 0 Å². The number of benzene rings is 2. The molecule has 32 heavy (non-hydrogen) atoms. The van der Waals surface area contributed by atoms with E-state index in [1.54, 1.807) is 30.2 Å². The maximum Gasteiger partial charge on any atom is 0.274 e. The molecule has 1 saturated heterocycles. The molecule has 2 aromatic carbocycles. The number of amides is 1. The second-order valence-electron chi connectivity index (χ2n) is 7.60. The lowest BCUT2D eigenvalue weighted by atomic mass is 10.1. The van der Waals surface area contributed by atoms with Crippen LogP contribution in [0.15, 0.2) is 48.5 Å². The number of aromatic nitrogens is 3. The number of nitrogens with zero attached hydrogens (tertiary/aromatic N) is 3. The van der Waals surface area contributed by atoms with Crippen molar-refractivity contribution in [1.29, 1.82) is 0 Å². The van der Waals surface area contributed by atoms with Crippen LogP contribution in [0.25, 0.3) is 21.5 Å². The molecular weight excluding hydrogens is 431 g/mol. The van der Waals surface area contributed by atoms with E-state index in [4.69, 9.17) is 9.47 Å². The fraction of sp³-hybridized carbons (Fsp3) is 0.261. The lowest BCUT2D eigenvalue weighted by Gasteiger charge is -2.31. The monoisotopic (exact) mass is 452 g/mol. The zero-order valence-electron chi connectivity index (χ0n) is 17.4. The summed E-state index contributed by atoms with van der Waals surface area (Å²) < 4.78 is 25.5. The van der Waals surface area contributed by atoms with E-state index in [1.807, 2.05) is 18.2 Å². The van der Waals surface area contributed by atoms with Crippen molar-refractivity contribution in [1.82, 2.24) is 20.1 Å². The molecule has 0 aliphatic carbocycles. The number of hydrogen-bond donors (Lipinski definition) is 1. The second-order valence-corrected chi connectivity index (χ2v) is 8.59. The molecule has 0 radical (unpaired) electrons. The Labute approximate surface area is 187 Å². The van der Waals surface area contributed by atoms with E-state index in [0.717, 1.165) is 34.4 Å². The number of H-pyrrole nitrogens is 1. The highest BCUT2D eigenvalue weighted by Gasteiger charge is 2.26. The molecule has 1 amide bonds. The number of carbonyl (C=O) groups is 1. The largest absolute Gasteiger partial charge is 0.497 e. The Morgan fingerprint density at radius 3 is 2.69 bits per heavy atom. The summed E-state index contributed by atoms with van der Waals surface area (Å²) in [6, 6.07) is 13.5. The molecule has 1 fully saturated rings. The fourth-order valence-corrected chi connectivity index (χ4v) is 4.66. The van der Waals surface area contributed by atoms with Gasteiger partial charge in [0.1, 0.15) is 23.4 Å². The minimum atomic E-state index is -0.309. The van der Waals surface area contributed by atoms with Crippen LogP contribution in [0.4, 0.5) is 4.39 Å². The summed E-state index contributed by atoms with van der Waals surface area (Å²) in [6.45, 7) is 1.18. The number of ether oxygens (including phenoxy) is 2. The first kappa shape index (κ1) is 20.4. The minimum absolute atomic E-state index is 0.0121. The molecule has 5 rings (SSSR count). The first-order valence-electron chi connectivity index (χ1n) is 10.3. The molecule has 1 aliphatic heterocycles. The van der Waals surface area contributed by atoms with Gasteiger partial charge in [-0.2, -0.15) is 5.10 Å². The number of hydrogen-bond acceptors (Lipinski definition) is 6. The SMILES string of the molecule is COc1ccc2nc(OC3CCN(C(=O)c4cc(-c5ccc(F)cc5)n[nH]4)CC3)sc2c1. The quantitative estimate of drug-likeness (QED) is 0.482. The zero-order valence-corrected chi connectivity index (χ0v) is 18.2. The number of nitrogens with one attached hydrogen (secondary N) is 1. The molecule has 0 saturated carbocycles. The molecule has 2 aromatic heterocycles. The van der Waals surface area contributed by atoms with Crippen LogP contribution in [0.3, 0.4) is 0 Å². The van der Waals surface area contributed by atoms with E-state index in [1.165, 1.54) is 23.5 Å². The molecule has 4 aromatic rings. The summed E-state index contributed by atoms with van der Waals surface area (Å²) in [5.41, 5.74) is 2.67. The zero-order chi connectivity index (χ0) is 22.1. The number of rotatable bonds is 5. The van der Waals surface area contributed by atoms with Crippen LogP contribution >= 0.6 is 11.3 Å². The maximum atomic E-state index is 13.1. The van der Waals surface area contributed by atoms with Crippen molar-refractivity contribution in [2.45, 2.75) is 18.9 Å². The summed E-state index contributed by atoms with van der Waals surface area (Å²) in [5, 5.41) is 7.64. The summed E-state index contributed by atoms with van der Waals surface area (Å²) >= 11 is 1.50. The van der Waals surface area contributed by atoms with Gasteiger partial charge in [0.25, 0.3) is 11.1 Å². The maximum absolute atomic E-state index is 13.1. The van der Waals surface area contributed by atoms with Crippen LogP contribution in [0.1, 0.15) is 23.3 Å². The first-order valence-corrected chi connectivity index (χ1v) is 11.1. The van der Waals surface area contributed by atoms with Crippen molar-refractivity contribution in [3.8, 4) is 22.2 Å². The summed E-state index contributed by atoms with van der Waals surface area (Å²) in [4.78, 5) is 19.2. The van der Waals surface area contributed by atoms with Gasteiger partial charge < -0.3 is 14.4 Å². The molecule has 9 heteroatoms. The van der Waals surface area contributed by atoms with Crippen molar-refractivity contribution in [3.63, 3.8) is 0 Å². The average Bonchev–Trinajstić information content (AvgIpc) is 3.46. The Bertz CT molecular complexity index is 1250. The highest BCUT2D eigenvalue weighted by molar-refractivity contribution is 7.20. The topological polar surface area (TPSA) is 80.3 Å². The number of fused-ring (bicyclic) bond motifs is 1. The van der Waals surface area contributed by atoms with E-state index in [2.05, 4.69) is 15.2 Å². The van der Waals surface area contributed by atoms with Crippen molar-refractivity contribution in [3.05, 3.63) is 60.0 Å². The lowest BCUT2D eigenvalue weighted by molar-refractivity contribution is 0.0590. The van der Waals surface area contributed by atoms with Crippen LogP contribution in [0, 0.1) is 5.82 Å². The van der Waals surface area contributed by atoms with Gasteiger partial charge in [0.05, 0.1) is 23.0 Å². The molecule has 0 bridgehead atoms. The van der Waals surface area contributed by atoms with Crippen LogP contribution < -0.4 is 9.47 Å². The Morgan fingerprint density at radius 2 is 1.94 bits per heavy atom. The third-order valence-corrected chi connectivity index (χ3v) is 6.43. The number of thiazole rings is 1. The Hall–Kier alpha value is -3.46. The molecule has 3 heterocycles. The molecule has 7 nitrogen and oxygen atoms in total. The molecule has 164 valence electrons. The fourth-order valence-electron chi connectivity index (χ4n) is 3.75. The van der Waals surface area contributed by atoms with Crippen molar-refractivity contribution >= 4 is 27.5 Å². The number of methoxy groups -OCH3 is 1. The van der Waals surface area contributed by atoms with Gasteiger partial charge in [-0.1, -0.05) is 11.3 Å². The Kier molecular flexibility index (Phi) is 5.48. The molecule has 1 N–H and O–H groups in total. The van der Waals surface area contributed by atoms with Crippen molar-refractivity contribution in [2.24, 2.45) is 0 Å². The van der Waals surface area contributed by atoms with Gasteiger partial charge >= 0.3 is 0 Å². The van der Waals surface area contributed by atoms with Crippen LogP contribution in [0.2, 0.25) is 0 Å². The van der Waals surface area contributed by atoms with Gasteiger partial charge in [-0.3, -0.25) is 9.89 Å². The van der Waals surface area contributed by atoms with Crippen molar-refractivity contribution < 1.29 is 18.7 Å². The first-order chi connectivity index (χ1) is 15.6. The van der Waals surface area contributed by atoms with Crippen LogP contribution in [-0.4, -0.2) is 52.3 Å². The number of aromatic amines is 1. The van der Waals surface area contributed by atoms with E-state index in [-0.39, 0.29) is 17.8 Å². The van der Waals surface area contributed by atoms with Gasteiger partial charge in [-0.15, -0.1) is 0 Å². The predicted octanol–water partition coefficient (Wildman–Crippen LogP) is 4.52. The Morgan fingerprint density at radius 1 is 1.16 bits per heavy atom. The minimum Gasteiger partial charge on any atom is -0.497 e. The lowest BCUT2D eigenvalue weighted by Crippen LogP contribution is -2.41. The number of piperidine rings is 1. The summed E-state index contributed by atoms with van der Waals surface area (Å²) in [7, 11) is 1.64. The predicted molar refractivity (Wildman–Crippen MR) is 120 cm³/mol. The van der Waals surface area contributed by atoms with Crippen LogP contribution in [0.5, 0.6) is 10.9 Å². The Balaban J connectivity index is 1.19. The highest BCUT2D eigenvalue weighted by Crippen LogP contribution is 2.32. The molecule has 1 aliphatic rings. The van der Waals surface area contributed by atoms with E-state index in [9.17, 15) is 9.18 Å². The smallest absolute Gasteiger partial charge is 0.274 e. The average molecular weight is 453 g/mol. The third-order valence-electron chi connectivity index (χ3n) is 5.52. The summed E-state index contributed by atoms with van der Waals surface area (Å²) in [5.74, 6) is 0.383.